The van der Waals surface area contributed by atoms with Gasteiger partial charge in [0, 0.05) is 0 Å². The van der Waals surface area contributed by atoms with Crippen LogP contribution in [0.15, 0.2) is 48.5 Å². The van der Waals surface area contributed by atoms with E-state index in [0.29, 0.717) is 20.8 Å². The second-order valence-corrected chi connectivity index (χ2v) is 4.54. The zero-order valence-corrected chi connectivity index (χ0v) is 11.3. The lowest BCUT2D eigenvalue weighted by atomic mass is 10.1. The fourth-order valence-corrected chi connectivity index (χ4v) is 2.28. The van der Waals surface area contributed by atoms with E-state index in [1.807, 2.05) is 6.07 Å². The monoisotopic (exact) mass is 283 g/mol. The van der Waals surface area contributed by atoms with E-state index >= 15 is 0 Å². The normalized spacial score (nSPS) is 10.7. The quantitative estimate of drug-likeness (QED) is 0.568. The van der Waals surface area contributed by atoms with E-state index in [0.717, 1.165) is 0 Å². The molecule has 0 fully saturated rings. The van der Waals surface area contributed by atoms with Crippen LogP contribution >= 0.6 is 0 Å². The van der Waals surface area contributed by atoms with E-state index in [9.17, 15) is 10.4 Å². The van der Waals surface area contributed by atoms with Crippen molar-refractivity contribution in [2.45, 2.75) is 0 Å². The van der Waals surface area contributed by atoms with Crippen molar-refractivity contribution in [1.82, 2.24) is 0 Å². The van der Waals surface area contributed by atoms with Crippen LogP contribution in [0.2, 0.25) is 0 Å². The van der Waals surface area contributed by atoms with Crippen molar-refractivity contribution >= 4 is 16.9 Å². The smallest absolute Gasteiger partial charge is 0.351 e. The van der Waals surface area contributed by atoms with Crippen molar-refractivity contribution in [1.29, 1.82) is 0 Å². The minimum absolute atomic E-state index is 0.131. The highest BCUT2D eigenvalue weighted by Gasteiger charge is 2.25. The van der Waals surface area contributed by atoms with E-state index < -0.39 is 0 Å². The lowest BCUT2D eigenvalue weighted by molar-refractivity contribution is -0.609. The molecule has 0 spiro atoms. The van der Waals surface area contributed by atoms with E-state index in [-0.39, 0.29) is 22.5 Å². The lowest BCUT2D eigenvalue weighted by Gasteiger charge is -2.14. The first-order chi connectivity index (χ1) is 10.1. The summed E-state index contributed by atoms with van der Waals surface area (Å²) >= 11 is 0. The molecule has 2 N–H and O–H groups in total. The molecular formula is C15H13N3O3. The zero-order chi connectivity index (χ0) is 15.0. The summed E-state index contributed by atoms with van der Waals surface area (Å²) in [6.45, 7) is 0. The SMILES string of the molecule is COc1ccc2c(c1)[n+]([O-])c(-c1ccccc1)c(N)[n+]2[O-]. The molecule has 3 aromatic rings. The Labute approximate surface area is 120 Å². The largest absolute Gasteiger partial charge is 0.710 e. The third-order valence-corrected chi connectivity index (χ3v) is 3.33. The van der Waals surface area contributed by atoms with Crippen LogP contribution in [0.25, 0.3) is 22.3 Å². The number of benzene rings is 2. The number of anilines is 1. The maximum absolute atomic E-state index is 12.6. The zero-order valence-electron chi connectivity index (χ0n) is 11.3. The van der Waals surface area contributed by atoms with Gasteiger partial charge < -0.3 is 15.2 Å². The van der Waals surface area contributed by atoms with Crippen molar-refractivity contribution in [3.63, 3.8) is 0 Å². The molecule has 6 nitrogen and oxygen atoms in total. The van der Waals surface area contributed by atoms with Crippen molar-refractivity contribution in [2.24, 2.45) is 0 Å². The number of ether oxygens (including phenoxy) is 1. The molecule has 0 unspecified atom stereocenters. The second-order valence-electron chi connectivity index (χ2n) is 4.54. The molecule has 0 radical (unpaired) electrons. The summed E-state index contributed by atoms with van der Waals surface area (Å²) in [6.07, 6.45) is 0. The number of hydrogen-bond donors (Lipinski definition) is 1. The van der Waals surface area contributed by atoms with E-state index in [2.05, 4.69) is 0 Å². The number of nitrogen functional groups attached to an aromatic ring is 1. The highest BCUT2D eigenvalue weighted by Crippen LogP contribution is 2.23. The van der Waals surface area contributed by atoms with Crippen LogP contribution < -0.4 is 19.9 Å². The Morgan fingerprint density at radius 2 is 1.67 bits per heavy atom. The first-order valence-corrected chi connectivity index (χ1v) is 6.31. The molecule has 0 amide bonds. The Morgan fingerprint density at radius 3 is 2.33 bits per heavy atom. The average molecular weight is 283 g/mol. The summed E-state index contributed by atoms with van der Waals surface area (Å²) < 4.78 is 6.32. The van der Waals surface area contributed by atoms with Gasteiger partial charge in [-0.05, 0) is 24.3 Å². The molecule has 3 rings (SSSR count). The number of rotatable bonds is 2. The molecule has 0 atom stereocenters. The summed E-state index contributed by atoms with van der Waals surface area (Å²) in [5, 5.41) is 24.9. The summed E-state index contributed by atoms with van der Waals surface area (Å²) in [5.41, 5.74) is 6.97. The Balaban J connectivity index is 2.40. The molecule has 0 aliphatic carbocycles. The van der Waals surface area contributed by atoms with Gasteiger partial charge in [0.2, 0.25) is 5.52 Å². The third kappa shape index (κ3) is 1.97. The molecule has 6 heteroatoms. The lowest BCUT2D eigenvalue weighted by Crippen LogP contribution is -2.42. The fraction of sp³-hybridized carbons (Fsp3) is 0.0667. The van der Waals surface area contributed by atoms with Gasteiger partial charge >= 0.3 is 11.5 Å². The van der Waals surface area contributed by atoms with Gasteiger partial charge in [-0.1, -0.05) is 18.2 Å². The average Bonchev–Trinajstić information content (AvgIpc) is 2.53. The molecule has 0 aliphatic rings. The molecule has 0 aliphatic heterocycles. The molecular weight excluding hydrogens is 270 g/mol. The van der Waals surface area contributed by atoms with Crippen LogP contribution in [-0.2, 0) is 0 Å². The topological polar surface area (TPSA) is 89.1 Å². The third-order valence-electron chi connectivity index (χ3n) is 3.33. The maximum atomic E-state index is 12.6. The Hall–Kier alpha value is -3.02. The van der Waals surface area contributed by atoms with E-state index in [1.165, 1.54) is 19.2 Å². The first-order valence-electron chi connectivity index (χ1n) is 6.31. The van der Waals surface area contributed by atoms with Gasteiger partial charge in [-0.2, -0.15) is 4.73 Å². The van der Waals surface area contributed by atoms with Crippen molar-refractivity contribution in [2.75, 3.05) is 12.8 Å². The van der Waals surface area contributed by atoms with Crippen LogP contribution in [0.4, 0.5) is 5.82 Å². The highest BCUT2D eigenvalue weighted by molar-refractivity contribution is 5.75. The predicted octanol–water partition coefficient (Wildman–Crippen LogP) is 1.36. The van der Waals surface area contributed by atoms with Crippen molar-refractivity contribution < 1.29 is 14.2 Å². The Bertz CT molecular complexity index is 820. The van der Waals surface area contributed by atoms with Gasteiger partial charge in [0.25, 0.3) is 5.52 Å². The molecule has 0 saturated heterocycles. The predicted molar refractivity (Wildman–Crippen MR) is 78.3 cm³/mol. The van der Waals surface area contributed by atoms with Crippen molar-refractivity contribution in [3.05, 3.63) is 58.9 Å². The summed E-state index contributed by atoms with van der Waals surface area (Å²) in [7, 11) is 1.50. The van der Waals surface area contributed by atoms with Gasteiger partial charge in [0.15, 0.2) is 0 Å². The molecule has 0 saturated carbocycles. The summed E-state index contributed by atoms with van der Waals surface area (Å²) in [5.74, 6) is 0.366. The van der Waals surface area contributed by atoms with E-state index in [1.54, 1.807) is 30.3 Å². The first kappa shape index (κ1) is 13.0. The number of aromatic nitrogens is 2. The van der Waals surface area contributed by atoms with Gasteiger partial charge in [-0.3, -0.25) is 5.73 Å². The molecule has 21 heavy (non-hydrogen) atoms. The number of methoxy groups -OCH3 is 1. The number of hydrogen-bond acceptors (Lipinski definition) is 4. The number of nitrogens with two attached hydrogens (primary N) is 1. The molecule has 1 aromatic heterocycles. The van der Waals surface area contributed by atoms with Gasteiger partial charge in [-0.15, -0.1) is 0 Å². The van der Waals surface area contributed by atoms with Gasteiger partial charge in [0.1, 0.15) is 5.75 Å². The fourth-order valence-electron chi connectivity index (χ4n) is 2.28. The summed E-state index contributed by atoms with van der Waals surface area (Å²) in [6, 6.07) is 13.5. The standard InChI is InChI=1S/C15H13N3O3/c1-21-11-7-8-12-13(9-11)17(19)14(15(16)18(12)20)10-5-3-2-4-6-10/h2-9H,16H2,1H3. The minimum atomic E-state index is -0.131. The van der Waals surface area contributed by atoms with Gasteiger partial charge in [-0.25, -0.2) is 4.73 Å². The Morgan fingerprint density at radius 1 is 0.952 bits per heavy atom. The van der Waals surface area contributed by atoms with Crippen LogP contribution in [0.3, 0.4) is 0 Å². The minimum Gasteiger partial charge on any atom is -0.710 e. The summed E-state index contributed by atoms with van der Waals surface area (Å²) in [4.78, 5) is 0. The molecule has 1 heterocycles. The van der Waals surface area contributed by atoms with E-state index in [4.69, 9.17) is 10.5 Å². The highest BCUT2D eigenvalue weighted by atomic mass is 16.5. The Kier molecular flexibility index (Phi) is 2.98. The number of nitrogens with zero attached hydrogens (tertiary/aromatic N) is 2. The second kappa shape index (κ2) is 4.82. The maximum Gasteiger partial charge on any atom is 0.351 e. The van der Waals surface area contributed by atoms with Crippen LogP contribution in [0, 0.1) is 10.4 Å². The number of fused-ring (bicyclic) bond motifs is 1. The molecule has 2 aromatic carbocycles. The van der Waals surface area contributed by atoms with Crippen LogP contribution in [-0.4, -0.2) is 7.11 Å². The van der Waals surface area contributed by atoms with Crippen LogP contribution in [0.1, 0.15) is 0 Å². The van der Waals surface area contributed by atoms with Gasteiger partial charge in [0.05, 0.1) is 18.7 Å². The molecule has 106 valence electrons. The van der Waals surface area contributed by atoms with Crippen LogP contribution in [0.5, 0.6) is 5.75 Å². The van der Waals surface area contributed by atoms with Crippen molar-refractivity contribution in [3.8, 4) is 17.0 Å². The molecule has 0 bridgehead atoms.